The molecule has 0 aliphatic carbocycles. The van der Waals surface area contributed by atoms with Gasteiger partial charge in [-0.05, 0) is 12.3 Å². The van der Waals surface area contributed by atoms with Crippen LogP contribution in [0.1, 0.15) is 13.3 Å². The van der Waals surface area contributed by atoms with Gasteiger partial charge in [0, 0.05) is 13.1 Å². The van der Waals surface area contributed by atoms with Gasteiger partial charge in [0.25, 0.3) is 0 Å². The molecule has 5 nitrogen and oxygen atoms in total. The van der Waals surface area contributed by atoms with E-state index in [-0.39, 0.29) is 17.8 Å². The summed E-state index contributed by atoms with van der Waals surface area (Å²) in [4.78, 5) is 23.1. The molecular formula is C9H15NO4. The largest absolute Gasteiger partial charge is 0.469 e. The number of amides is 1. The minimum absolute atomic E-state index is 0.0959. The van der Waals surface area contributed by atoms with E-state index in [1.165, 1.54) is 12.0 Å². The number of methoxy groups -OCH3 is 1. The Labute approximate surface area is 82.6 Å². The summed E-state index contributed by atoms with van der Waals surface area (Å²) in [5, 5.41) is 8.72. The SMILES string of the molecule is COC(=O)C(C)C1CCN(C(=O)O)C1. The maximum Gasteiger partial charge on any atom is 0.407 e. The second kappa shape index (κ2) is 4.30. The summed E-state index contributed by atoms with van der Waals surface area (Å²) >= 11 is 0. The van der Waals surface area contributed by atoms with E-state index in [1.54, 1.807) is 6.92 Å². The maximum atomic E-state index is 11.2. The van der Waals surface area contributed by atoms with Crippen molar-refractivity contribution >= 4 is 12.1 Å². The zero-order valence-electron chi connectivity index (χ0n) is 8.40. The molecule has 0 aromatic carbocycles. The molecule has 0 spiro atoms. The van der Waals surface area contributed by atoms with Crippen molar-refractivity contribution in [3.63, 3.8) is 0 Å². The Morgan fingerprint density at radius 2 is 2.21 bits per heavy atom. The highest BCUT2D eigenvalue weighted by atomic mass is 16.5. The van der Waals surface area contributed by atoms with Gasteiger partial charge < -0.3 is 14.7 Å². The minimum Gasteiger partial charge on any atom is -0.469 e. The van der Waals surface area contributed by atoms with Crippen LogP contribution < -0.4 is 0 Å². The van der Waals surface area contributed by atoms with Crippen LogP contribution in [0.5, 0.6) is 0 Å². The van der Waals surface area contributed by atoms with Crippen molar-refractivity contribution in [1.29, 1.82) is 0 Å². The number of ether oxygens (including phenoxy) is 1. The molecule has 1 amide bonds. The molecule has 1 heterocycles. The molecular weight excluding hydrogens is 186 g/mol. The molecule has 1 aliphatic heterocycles. The molecule has 0 aromatic rings. The fraction of sp³-hybridized carbons (Fsp3) is 0.778. The Kier molecular flexibility index (Phi) is 3.33. The zero-order chi connectivity index (χ0) is 10.7. The molecule has 2 unspecified atom stereocenters. The van der Waals surface area contributed by atoms with Gasteiger partial charge in [0.2, 0.25) is 0 Å². The predicted octanol–water partition coefficient (Wildman–Crippen LogP) is 0.795. The highest BCUT2D eigenvalue weighted by molar-refractivity contribution is 5.72. The van der Waals surface area contributed by atoms with Crippen LogP contribution in [0.25, 0.3) is 0 Å². The van der Waals surface area contributed by atoms with Gasteiger partial charge >= 0.3 is 12.1 Å². The second-order valence-electron chi connectivity index (χ2n) is 3.59. The first-order valence-electron chi connectivity index (χ1n) is 4.62. The number of likely N-dealkylation sites (tertiary alicyclic amines) is 1. The fourth-order valence-electron chi connectivity index (χ4n) is 1.75. The Balaban J connectivity index is 2.49. The first kappa shape index (κ1) is 10.8. The van der Waals surface area contributed by atoms with Gasteiger partial charge in [-0.2, -0.15) is 0 Å². The summed E-state index contributed by atoms with van der Waals surface area (Å²) in [6.45, 7) is 2.73. The van der Waals surface area contributed by atoms with Gasteiger partial charge in [0.1, 0.15) is 0 Å². The number of carbonyl (C=O) groups is 2. The number of carbonyl (C=O) groups excluding carboxylic acids is 1. The average molecular weight is 201 g/mol. The van der Waals surface area contributed by atoms with E-state index in [0.29, 0.717) is 13.1 Å². The number of esters is 1. The third-order valence-electron chi connectivity index (χ3n) is 2.78. The van der Waals surface area contributed by atoms with Crippen molar-refractivity contribution < 1.29 is 19.4 Å². The number of rotatable bonds is 2. The Morgan fingerprint density at radius 1 is 1.57 bits per heavy atom. The third kappa shape index (κ3) is 2.16. The lowest BCUT2D eigenvalue weighted by atomic mass is 9.93. The van der Waals surface area contributed by atoms with Gasteiger partial charge in [-0.25, -0.2) is 4.79 Å². The van der Waals surface area contributed by atoms with Crippen molar-refractivity contribution in [3.05, 3.63) is 0 Å². The molecule has 1 saturated heterocycles. The van der Waals surface area contributed by atoms with Crippen molar-refractivity contribution in [2.24, 2.45) is 11.8 Å². The van der Waals surface area contributed by atoms with Gasteiger partial charge in [-0.15, -0.1) is 0 Å². The number of hydrogen-bond acceptors (Lipinski definition) is 3. The summed E-state index contributed by atoms with van der Waals surface area (Å²) < 4.78 is 4.62. The summed E-state index contributed by atoms with van der Waals surface area (Å²) in [5.41, 5.74) is 0. The van der Waals surface area contributed by atoms with E-state index in [1.807, 2.05) is 0 Å². The van der Waals surface area contributed by atoms with Gasteiger partial charge in [-0.3, -0.25) is 4.79 Å². The topological polar surface area (TPSA) is 66.8 Å². The van der Waals surface area contributed by atoms with E-state index in [9.17, 15) is 9.59 Å². The monoisotopic (exact) mass is 201 g/mol. The van der Waals surface area contributed by atoms with Crippen LogP contribution in [0.2, 0.25) is 0 Å². The number of carboxylic acid groups (broad SMARTS) is 1. The Hall–Kier alpha value is -1.26. The van der Waals surface area contributed by atoms with Crippen LogP contribution in [0.3, 0.4) is 0 Å². The fourth-order valence-corrected chi connectivity index (χ4v) is 1.75. The lowest BCUT2D eigenvalue weighted by Crippen LogP contribution is -2.29. The molecule has 14 heavy (non-hydrogen) atoms. The Morgan fingerprint density at radius 3 is 2.64 bits per heavy atom. The highest BCUT2D eigenvalue weighted by Crippen LogP contribution is 2.24. The van der Waals surface area contributed by atoms with E-state index in [2.05, 4.69) is 4.74 Å². The Bertz CT molecular complexity index is 241. The van der Waals surface area contributed by atoms with Crippen LogP contribution in [0.15, 0.2) is 0 Å². The van der Waals surface area contributed by atoms with E-state index in [0.717, 1.165) is 6.42 Å². The van der Waals surface area contributed by atoms with E-state index < -0.39 is 6.09 Å². The number of nitrogens with zero attached hydrogens (tertiary/aromatic N) is 1. The summed E-state index contributed by atoms with van der Waals surface area (Å²) in [6.07, 6.45) is -0.174. The van der Waals surface area contributed by atoms with Crippen LogP contribution >= 0.6 is 0 Å². The molecule has 0 radical (unpaired) electrons. The first-order valence-corrected chi connectivity index (χ1v) is 4.62. The molecule has 0 aromatic heterocycles. The lowest BCUT2D eigenvalue weighted by Gasteiger charge is -2.16. The predicted molar refractivity (Wildman–Crippen MR) is 48.9 cm³/mol. The van der Waals surface area contributed by atoms with Crippen LogP contribution in [-0.2, 0) is 9.53 Å². The average Bonchev–Trinajstić information content (AvgIpc) is 2.64. The third-order valence-corrected chi connectivity index (χ3v) is 2.78. The summed E-state index contributed by atoms with van der Waals surface area (Å²) in [6, 6.07) is 0. The summed E-state index contributed by atoms with van der Waals surface area (Å²) in [5.74, 6) is -0.384. The van der Waals surface area contributed by atoms with Crippen LogP contribution in [0, 0.1) is 11.8 Å². The molecule has 1 N–H and O–H groups in total. The van der Waals surface area contributed by atoms with Crippen molar-refractivity contribution in [2.45, 2.75) is 13.3 Å². The van der Waals surface area contributed by atoms with E-state index in [4.69, 9.17) is 5.11 Å². The zero-order valence-corrected chi connectivity index (χ0v) is 8.40. The smallest absolute Gasteiger partial charge is 0.407 e. The quantitative estimate of drug-likeness (QED) is 0.671. The van der Waals surface area contributed by atoms with Gasteiger partial charge in [0.05, 0.1) is 13.0 Å². The van der Waals surface area contributed by atoms with Crippen LogP contribution in [0.4, 0.5) is 4.79 Å². The standard InChI is InChI=1S/C9H15NO4/c1-6(8(11)14-2)7-3-4-10(5-7)9(12)13/h6-7H,3-5H2,1-2H3,(H,12,13). The molecule has 0 saturated carbocycles. The van der Waals surface area contributed by atoms with Crippen LogP contribution in [-0.4, -0.2) is 42.3 Å². The molecule has 5 heteroatoms. The highest BCUT2D eigenvalue weighted by Gasteiger charge is 2.33. The normalized spacial score (nSPS) is 23.3. The first-order chi connectivity index (χ1) is 6.56. The summed E-state index contributed by atoms with van der Waals surface area (Å²) in [7, 11) is 1.35. The molecule has 1 fully saturated rings. The molecule has 1 rings (SSSR count). The molecule has 0 bridgehead atoms. The van der Waals surface area contributed by atoms with E-state index >= 15 is 0 Å². The van der Waals surface area contributed by atoms with Crippen molar-refractivity contribution in [3.8, 4) is 0 Å². The molecule has 2 atom stereocenters. The van der Waals surface area contributed by atoms with Crippen molar-refractivity contribution in [1.82, 2.24) is 4.90 Å². The minimum atomic E-state index is -0.912. The second-order valence-corrected chi connectivity index (χ2v) is 3.59. The molecule has 80 valence electrons. The van der Waals surface area contributed by atoms with Gasteiger partial charge in [0.15, 0.2) is 0 Å². The molecule has 1 aliphatic rings. The maximum absolute atomic E-state index is 11.2. The lowest BCUT2D eigenvalue weighted by molar-refractivity contribution is -0.146. The van der Waals surface area contributed by atoms with Gasteiger partial charge in [-0.1, -0.05) is 6.92 Å². The number of hydrogen-bond donors (Lipinski definition) is 1. The van der Waals surface area contributed by atoms with Crippen molar-refractivity contribution in [2.75, 3.05) is 20.2 Å².